The van der Waals surface area contributed by atoms with Gasteiger partial charge in [-0.2, -0.15) is 8.42 Å². The quantitative estimate of drug-likeness (QED) is 0.745. The molecule has 0 bridgehead atoms. The molecule has 2 saturated carbocycles. The maximum absolute atomic E-state index is 11.7. The molecule has 0 aliphatic heterocycles. The van der Waals surface area contributed by atoms with Gasteiger partial charge in [0.2, 0.25) is 0 Å². The summed E-state index contributed by atoms with van der Waals surface area (Å²) in [6.07, 6.45) is 9.66. The van der Waals surface area contributed by atoms with Crippen molar-refractivity contribution in [3.8, 4) is 0 Å². The maximum Gasteiger partial charge on any atom is 0.400 e. The Labute approximate surface area is 132 Å². The Hall–Kier alpha value is 0.870. The Balaban J connectivity index is 0.00000162. The molecule has 0 aromatic heterocycles. The summed E-state index contributed by atoms with van der Waals surface area (Å²) in [7, 11) is -3.78. The number of hydrogen-bond donors (Lipinski definition) is 0. The Morgan fingerprint density at radius 2 is 1.00 bits per heavy atom. The van der Waals surface area contributed by atoms with Gasteiger partial charge in [0.1, 0.15) is 0 Å². The zero-order chi connectivity index (χ0) is 12.1. The summed E-state index contributed by atoms with van der Waals surface area (Å²) in [4.78, 5) is 0. The van der Waals surface area contributed by atoms with Crippen LogP contribution in [0.25, 0.3) is 0 Å². The fourth-order valence-corrected chi connectivity index (χ4v) is 3.78. The van der Waals surface area contributed by atoms with E-state index in [0.717, 1.165) is 51.4 Å². The fraction of sp³-hybridized carbons (Fsp3) is 1.00. The first-order valence-corrected chi connectivity index (χ1v) is 8.10. The topological polar surface area (TPSA) is 52.6 Å². The Bertz CT molecular complexity index is 293. The Morgan fingerprint density at radius 3 is 1.33 bits per heavy atom. The summed E-state index contributed by atoms with van der Waals surface area (Å²) < 4.78 is 33.7. The van der Waals surface area contributed by atoms with Gasteiger partial charge in [0, 0.05) is 29.6 Å². The molecule has 0 aromatic carbocycles. The molecule has 101 valence electrons. The van der Waals surface area contributed by atoms with E-state index in [1.165, 1.54) is 12.8 Å². The molecular weight excluding hydrogens is 263 g/mol. The second kappa shape index (κ2) is 8.22. The van der Waals surface area contributed by atoms with E-state index >= 15 is 0 Å². The molecule has 0 heterocycles. The SMILES string of the molecule is O=S(=O)(OC1CCCCC1)OC1CCCCC1.[Na]. The minimum atomic E-state index is -3.78. The molecule has 0 saturated heterocycles. The molecule has 0 N–H and O–H groups in total. The van der Waals surface area contributed by atoms with Crippen molar-refractivity contribution in [1.82, 2.24) is 0 Å². The summed E-state index contributed by atoms with van der Waals surface area (Å²) in [6, 6.07) is 0. The van der Waals surface area contributed by atoms with E-state index < -0.39 is 10.4 Å². The second-order valence-electron chi connectivity index (χ2n) is 5.12. The van der Waals surface area contributed by atoms with Crippen LogP contribution in [-0.2, 0) is 18.8 Å². The summed E-state index contributed by atoms with van der Waals surface area (Å²) in [5.74, 6) is 0. The molecule has 2 aliphatic carbocycles. The van der Waals surface area contributed by atoms with E-state index in [9.17, 15) is 8.42 Å². The largest absolute Gasteiger partial charge is 0.400 e. The van der Waals surface area contributed by atoms with E-state index in [1.807, 2.05) is 0 Å². The van der Waals surface area contributed by atoms with Crippen LogP contribution in [0.4, 0.5) is 0 Å². The molecule has 0 aromatic rings. The average Bonchev–Trinajstić information content (AvgIpc) is 2.30. The van der Waals surface area contributed by atoms with Crippen molar-refractivity contribution >= 4 is 40.0 Å². The third kappa shape index (κ3) is 5.88. The van der Waals surface area contributed by atoms with Gasteiger partial charge in [0.15, 0.2) is 0 Å². The van der Waals surface area contributed by atoms with E-state index in [0.29, 0.717) is 0 Å². The van der Waals surface area contributed by atoms with E-state index in [4.69, 9.17) is 8.37 Å². The minimum Gasteiger partial charge on any atom is -0.245 e. The van der Waals surface area contributed by atoms with Crippen molar-refractivity contribution < 1.29 is 16.8 Å². The van der Waals surface area contributed by atoms with Crippen LogP contribution in [0.15, 0.2) is 0 Å². The monoisotopic (exact) mass is 285 g/mol. The van der Waals surface area contributed by atoms with E-state index in [1.54, 1.807) is 0 Å². The van der Waals surface area contributed by atoms with Crippen LogP contribution in [0.5, 0.6) is 0 Å². The van der Waals surface area contributed by atoms with Crippen molar-refractivity contribution in [1.29, 1.82) is 0 Å². The fourth-order valence-electron chi connectivity index (χ4n) is 2.68. The first-order chi connectivity index (χ1) is 8.16. The Kier molecular flexibility index (Phi) is 7.73. The molecule has 0 amide bonds. The van der Waals surface area contributed by atoms with Gasteiger partial charge in [-0.25, -0.2) is 8.37 Å². The molecule has 0 atom stereocenters. The van der Waals surface area contributed by atoms with Crippen LogP contribution in [0.2, 0.25) is 0 Å². The minimum absolute atomic E-state index is 0. The number of hydrogen-bond acceptors (Lipinski definition) is 4. The average molecular weight is 285 g/mol. The normalized spacial score (nSPS) is 23.6. The summed E-state index contributed by atoms with van der Waals surface area (Å²) in [5, 5.41) is 0. The predicted octanol–water partition coefficient (Wildman–Crippen LogP) is 2.55. The first kappa shape index (κ1) is 16.9. The zero-order valence-electron chi connectivity index (χ0n) is 11.3. The molecule has 18 heavy (non-hydrogen) atoms. The van der Waals surface area contributed by atoms with Gasteiger partial charge in [-0.3, -0.25) is 0 Å². The van der Waals surface area contributed by atoms with Gasteiger partial charge in [-0.05, 0) is 25.7 Å². The molecule has 2 rings (SSSR count). The molecule has 4 nitrogen and oxygen atoms in total. The van der Waals surface area contributed by atoms with Crippen molar-refractivity contribution in [2.45, 2.75) is 76.4 Å². The van der Waals surface area contributed by atoms with Crippen molar-refractivity contribution in [2.75, 3.05) is 0 Å². The summed E-state index contributed by atoms with van der Waals surface area (Å²) in [6.45, 7) is 0. The van der Waals surface area contributed by atoms with E-state index in [2.05, 4.69) is 0 Å². The van der Waals surface area contributed by atoms with Gasteiger partial charge < -0.3 is 0 Å². The van der Waals surface area contributed by atoms with Crippen LogP contribution in [-0.4, -0.2) is 50.2 Å². The molecule has 2 aliphatic rings. The van der Waals surface area contributed by atoms with Crippen LogP contribution in [0.1, 0.15) is 64.2 Å². The summed E-state index contributed by atoms with van der Waals surface area (Å²) in [5.41, 5.74) is 0. The molecular formula is C12H22NaO4S. The van der Waals surface area contributed by atoms with Crippen LogP contribution >= 0.6 is 0 Å². The molecule has 0 spiro atoms. The van der Waals surface area contributed by atoms with Crippen LogP contribution in [0.3, 0.4) is 0 Å². The third-order valence-electron chi connectivity index (χ3n) is 3.61. The van der Waals surface area contributed by atoms with Gasteiger partial charge in [-0.15, -0.1) is 0 Å². The number of rotatable bonds is 4. The summed E-state index contributed by atoms with van der Waals surface area (Å²) >= 11 is 0. The van der Waals surface area contributed by atoms with Gasteiger partial charge >= 0.3 is 10.4 Å². The van der Waals surface area contributed by atoms with Crippen molar-refractivity contribution in [3.05, 3.63) is 0 Å². The van der Waals surface area contributed by atoms with Crippen LogP contribution < -0.4 is 0 Å². The molecule has 2 fully saturated rings. The van der Waals surface area contributed by atoms with Crippen molar-refractivity contribution in [3.63, 3.8) is 0 Å². The standard InChI is InChI=1S/C12H22O4S.Na/c13-17(14,15-11-7-3-1-4-8-11)16-12-9-5-2-6-10-12;/h11-12H,1-10H2;. The first-order valence-electron chi connectivity index (χ1n) is 6.77. The smallest absolute Gasteiger partial charge is 0.245 e. The molecule has 1 radical (unpaired) electrons. The molecule has 0 unspecified atom stereocenters. The Morgan fingerprint density at radius 1 is 0.667 bits per heavy atom. The van der Waals surface area contributed by atoms with Crippen LogP contribution in [0, 0.1) is 0 Å². The van der Waals surface area contributed by atoms with E-state index in [-0.39, 0.29) is 41.8 Å². The van der Waals surface area contributed by atoms with Gasteiger partial charge in [0.25, 0.3) is 0 Å². The second-order valence-corrected chi connectivity index (χ2v) is 6.32. The predicted molar refractivity (Wildman–Crippen MR) is 70.6 cm³/mol. The third-order valence-corrected chi connectivity index (χ3v) is 4.63. The zero-order valence-corrected chi connectivity index (χ0v) is 14.1. The van der Waals surface area contributed by atoms with Gasteiger partial charge in [-0.1, -0.05) is 38.5 Å². The van der Waals surface area contributed by atoms with Crippen molar-refractivity contribution in [2.24, 2.45) is 0 Å². The van der Waals surface area contributed by atoms with Gasteiger partial charge in [0.05, 0.1) is 12.2 Å². The maximum atomic E-state index is 11.7. The molecule has 6 heteroatoms.